The average Bonchev–Trinajstić information content (AvgIpc) is 3.03. The van der Waals surface area contributed by atoms with Crippen molar-refractivity contribution in [3.05, 3.63) is 47.5 Å². The summed E-state index contributed by atoms with van der Waals surface area (Å²) in [5.41, 5.74) is 2.59. The van der Waals surface area contributed by atoms with Crippen LogP contribution in [0.3, 0.4) is 0 Å². The molecule has 0 bridgehead atoms. The number of benzene rings is 2. The second-order valence-electron chi connectivity index (χ2n) is 5.22. The SMILES string of the molecule is COc1ccc(C(=O)N2CCc3ccccc32)c(OC)c1OC. The van der Waals surface area contributed by atoms with E-state index in [2.05, 4.69) is 6.07 Å². The molecule has 0 atom stereocenters. The second-order valence-corrected chi connectivity index (χ2v) is 5.22. The van der Waals surface area contributed by atoms with E-state index < -0.39 is 0 Å². The van der Waals surface area contributed by atoms with Crippen molar-refractivity contribution in [1.82, 2.24) is 0 Å². The molecular weight excluding hydrogens is 294 g/mol. The van der Waals surface area contributed by atoms with E-state index in [-0.39, 0.29) is 5.91 Å². The third kappa shape index (κ3) is 2.48. The fourth-order valence-electron chi connectivity index (χ4n) is 2.96. The van der Waals surface area contributed by atoms with Crippen LogP contribution in [0.1, 0.15) is 15.9 Å². The molecule has 120 valence electrons. The topological polar surface area (TPSA) is 48.0 Å². The molecule has 1 heterocycles. The van der Waals surface area contributed by atoms with Gasteiger partial charge in [-0.25, -0.2) is 0 Å². The van der Waals surface area contributed by atoms with Gasteiger partial charge in [0.1, 0.15) is 0 Å². The first-order valence-corrected chi connectivity index (χ1v) is 7.40. The number of nitrogens with zero attached hydrogens (tertiary/aromatic N) is 1. The molecule has 1 aliphatic heterocycles. The first-order chi connectivity index (χ1) is 11.2. The molecule has 5 heteroatoms. The third-order valence-electron chi connectivity index (χ3n) is 4.07. The minimum absolute atomic E-state index is 0.104. The molecule has 1 aliphatic rings. The van der Waals surface area contributed by atoms with E-state index in [1.165, 1.54) is 19.8 Å². The molecule has 0 radical (unpaired) electrons. The van der Waals surface area contributed by atoms with Gasteiger partial charge in [0.25, 0.3) is 5.91 Å². The Kier molecular flexibility index (Phi) is 4.10. The smallest absolute Gasteiger partial charge is 0.262 e. The van der Waals surface area contributed by atoms with Crippen LogP contribution < -0.4 is 19.1 Å². The Morgan fingerprint density at radius 2 is 1.70 bits per heavy atom. The Hall–Kier alpha value is -2.69. The van der Waals surface area contributed by atoms with Crippen LogP contribution in [0.2, 0.25) is 0 Å². The van der Waals surface area contributed by atoms with Crippen molar-refractivity contribution in [2.45, 2.75) is 6.42 Å². The molecule has 3 rings (SSSR count). The minimum atomic E-state index is -0.104. The van der Waals surface area contributed by atoms with Gasteiger partial charge in [0.15, 0.2) is 11.5 Å². The zero-order chi connectivity index (χ0) is 16.4. The summed E-state index contributed by atoms with van der Waals surface area (Å²) in [6.07, 6.45) is 0.859. The van der Waals surface area contributed by atoms with Crippen molar-refractivity contribution in [2.24, 2.45) is 0 Å². The average molecular weight is 313 g/mol. The van der Waals surface area contributed by atoms with E-state index in [1.54, 1.807) is 24.1 Å². The molecule has 2 aromatic carbocycles. The Morgan fingerprint density at radius 1 is 0.957 bits per heavy atom. The Balaban J connectivity index is 2.04. The lowest BCUT2D eigenvalue weighted by atomic mass is 10.1. The highest BCUT2D eigenvalue weighted by molar-refractivity contribution is 6.09. The molecule has 0 saturated carbocycles. The highest BCUT2D eigenvalue weighted by Crippen LogP contribution is 2.41. The van der Waals surface area contributed by atoms with Gasteiger partial charge in [-0.15, -0.1) is 0 Å². The maximum Gasteiger partial charge on any atom is 0.262 e. The number of ether oxygens (including phenoxy) is 3. The molecule has 23 heavy (non-hydrogen) atoms. The largest absolute Gasteiger partial charge is 0.493 e. The predicted molar refractivity (Wildman–Crippen MR) is 87.9 cm³/mol. The van der Waals surface area contributed by atoms with E-state index in [4.69, 9.17) is 14.2 Å². The predicted octanol–water partition coefficient (Wildman–Crippen LogP) is 2.92. The van der Waals surface area contributed by atoms with E-state index in [0.717, 1.165) is 12.1 Å². The molecule has 1 amide bonds. The molecule has 0 N–H and O–H groups in total. The van der Waals surface area contributed by atoms with Crippen LogP contribution in [-0.4, -0.2) is 33.8 Å². The molecule has 0 aromatic heterocycles. The van der Waals surface area contributed by atoms with Gasteiger partial charge in [0, 0.05) is 12.2 Å². The van der Waals surface area contributed by atoms with Crippen molar-refractivity contribution in [1.29, 1.82) is 0 Å². The molecule has 0 spiro atoms. The molecule has 0 unspecified atom stereocenters. The van der Waals surface area contributed by atoms with Gasteiger partial charge in [-0.05, 0) is 30.2 Å². The van der Waals surface area contributed by atoms with E-state index >= 15 is 0 Å². The standard InChI is InChI=1S/C18H19NO4/c1-21-15-9-8-13(16(22-2)17(15)23-3)18(20)19-11-10-12-6-4-5-7-14(12)19/h4-9H,10-11H2,1-3H3. The Morgan fingerprint density at radius 3 is 2.39 bits per heavy atom. The number of hydrogen-bond donors (Lipinski definition) is 0. The molecular formula is C18H19NO4. The summed E-state index contributed by atoms with van der Waals surface area (Å²) in [7, 11) is 4.60. The van der Waals surface area contributed by atoms with Crippen molar-refractivity contribution >= 4 is 11.6 Å². The molecule has 2 aromatic rings. The summed E-state index contributed by atoms with van der Waals surface area (Å²) in [6.45, 7) is 0.662. The summed E-state index contributed by atoms with van der Waals surface area (Å²) < 4.78 is 16.1. The summed E-state index contributed by atoms with van der Waals surface area (Å²) in [6, 6.07) is 11.4. The number of carbonyl (C=O) groups excluding carboxylic acids is 1. The lowest BCUT2D eigenvalue weighted by molar-refractivity contribution is 0.0985. The molecule has 0 saturated heterocycles. The van der Waals surface area contributed by atoms with Crippen LogP contribution in [0.5, 0.6) is 17.2 Å². The monoisotopic (exact) mass is 313 g/mol. The fourth-order valence-corrected chi connectivity index (χ4v) is 2.96. The van der Waals surface area contributed by atoms with Crippen molar-refractivity contribution in [3.8, 4) is 17.2 Å². The maximum absolute atomic E-state index is 13.0. The lowest BCUT2D eigenvalue weighted by Crippen LogP contribution is -2.29. The Labute approximate surface area is 135 Å². The molecule has 0 aliphatic carbocycles. The van der Waals surface area contributed by atoms with Gasteiger partial charge < -0.3 is 19.1 Å². The van der Waals surface area contributed by atoms with Gasteiger partial charge in [-0.2, -0.15) is 0 Å². The van der Waals surface area contributed by atoms with Gasteiger partial charge in [0.05, 0.1) is 26.9 Å². The van der Waals surface area contributed by atoms with Crippen molar-refractivity contribution < 1.29 is 19.0 Å². The summed E-state index contributed by atoms with van der Waals surface area (Å²) in [5, 5.41) is 0. The highest BCUT2D eigenvalue weighted by atomic mass is 16.5. The zero-order valence-corrected chi connectivity index (χ0v) is 13.5. The number of fused-ring (bicyclic) bond motifs is 1. The van der Waals surface area contributed by atoms with Crippen LogP contribution in [0, 0.1) is 0 Å². The third-order valence-corrected chi connectivity index (χ3v) is 4.07. The second kappa shape index (κ2) is 6.20. The number of para-hydroxylation sites is 1. The maximum atomic E-state index is 13.0. The van der Waals surface area contributed by atoms with Crippen LogP contribution in [0.25, 0.3) is 0 Å². The van der Waals surface area contributed by atoms with Crippen LogP contribution in [-0.2, 0) is 6.42 Å². The number of amides is 1. The van der Waals surface area contributed by atoms with Crippen LogP contribution in [0.15, 0.2) is 36.4 Å². The summed E-state index contributed by atoms with van der Waals surface area (Å²) >= 11 is 0. The summed E-state index contributed by atoms with van der Waals surface area (Å²) in [4.78, 5) is 14.8. The van der Waals surface area contributed by atoms with E-state index in [9.17, 15) is 4.79 Å². The lowest BCUT2D eigenvalue weighted by Gasteiger charge is -2.20. The van der Waals surface area contributed by atoms with E-state index in [1.807, 2.05) is 18.2 Å². The number of methoxy groups -OCH3 is 3. The zero-order valence-electron chi connectivity index (χ0n) is 13.5. The van der Waals surface area contributed by atoms with Gasteiger partial charge in [0.2, 0.25) is 5.75 Å². The quantitative estimate of drug-likeness (QED) is 0.871. The first kappa shape index (κ1) is 15.2. The van der Waals surface area contributed by atoms with Crippen LogP contribution >= 0.6 is 0 Å². The summed E-state index contributed by atoms with van der Waals surface area (Å²) in [5.74, 6) is 1.24. The Bertz CT molecular complexity index is 742. The number of hydrogen-bond acceptors (Lipinski definition) is 4. The normalized spacial score (nSPS) is 12.7. The number of carbonyl (C=O) groups is 1. The van der Waals surface area contributed by atoms with Crippen LogP contribution in [0.4, 0.5) is 5.69 Å². The van der Waals surface area contributed by atoms with Crippen molar-refractivity contribution in [3.63, 3.8) is 0 Å². The molecule has 5 nitrogen and oxygen atoms in total. The van der Waals surface area contributed by atoms with Crippen molar-refractivity contribution in [2.75, 3.05) is 32.8 Å². The fraction of sp³-hybridized carbons (Fsp3) is 0.278. The molecule has 0 fully saturated rings. The first-order valence-electron chi connectivity index (χ1n) is 7.40. The number of anilines is 1. The number of rotatable bonds is 4. The minimum Gasteiger partial charge on any atom is -0.493 e. The van der Waals surface area contributed by atoms with Gasteiger partial charge in [-0.3, -0.25) is 4.79 Å². The van der Waals surface area contributed by atoms with E-state index in [0.29, 0.717) is 29.4 Å². The van der Waals surface area contributed by atoms with Gasteiger partial charge in [-0.1, -0.05) is 18.2 Å². The highest BCUT2D eigenvalue weighted by Gasteiger charge is 2.29. The van der Waals surface area contributed by atoms with Gasteiger partial charge >= 0.3 is 0 Å².